The average Bonchev–Trinajstić information content (AvgIpc) is 3.82. The summed E-state index contributed by atoms with van der Waals surface area (Å²) in [5, 5.41) is 20.6. The zero-order chi connectivity index (χ0) is 54.8. The molecule has 4 N–H and O–H groups in total. The van der Waals surface area contributed by atoms with E-state index in [4.69, 9.17) is 47.1 Å². The first-order chi connectivity index (χ1) is 36.6. The minimum atomic E-state index is -4.63. The Morgan fingerprint density at radius 1 is 0.697 bits per heavy atom. The molecule has 3 aliphatic rings. The van der Waals surface area contributed by atoms with Crippen molar-refractivity contribution in [1.82, 2.24) is 9.31 Å². The van der Waals surface area contributed by atoms with E-state index in [0.717, 1.165) is 16.5 Å². The first kappa shape index (κ1) is 61.6. The highest BCUT2D eigenvalue weighted by molar-refractivity contribution is 7.86. The summed E-state index contributed by atoms with van der Waals surface area (Å²) >= 11 is 0. The normalized spacial score (nSPS) is 15.4. The van der Waals surface area contributed by atoms with Gasteiger partial charge in [0, 0.05) is 67.7 Å². The van der Waals surface area contributed by atoms with E-state index in [9.17, 15) is 40.9 Å². The topological polar surface area (TPSA) is 274 Å². The number of nitrogens with zero attached hydrogens (tertiary/aromatic N) is 3. The van der Waals surface area contributed by atoms with Gasteiger partial charge in [-0.05, 0) is 80.1 Å². The van der Waals surface area contributed by atoms with Crippen LogP contribution < -0.4 is 19.7 Å². The van der Waals surface area contributed by atoms with E-state index in [1.807, 2.05) is 54.3 Å². The summed E-state index contributed by atoms with van der Waals surface area (Å²) in [7, 11) is -5.73. The van der Waals surface area contributed by atoms with Gasteiger partial charge in [-0.15, -0.1) is 4.73 Å². The first-order valence-corrected chi connectivity index (χ1v) is 28.2. The van der Waals surface area contributed by atoms with Crippen LogP contribution in [-0.2, 0) is 68.3 Å². The molecule has 1 unspecified atom stereocenters. The standard InChI is InChI=1S/C52H73N3O19S2/c1-52(19-8-38-75(59,60)61)45-40-43(76(62,63)64)13-15-46(45)54(20-6-4-5-11-51(58)74-55-49(56)16-17-50(55)57)48(52)10-7-9-41-18-23-73-47-39-42(12-14-44(41)47)53(21-24-67-30-32-71-36-34-69-28-26-65-2)22-25-68-31-33-72-37-35-70-29-27-66-3/h7,9-10,12-18,23,39-40H,4-6,8,11,19-22,24-38H2,1-3H3,(H3-,56,57,59,60,61,62,63,64)/p+1. The van der Waals surface area contributed by atoms with Crippen molar-refractivity contribution >= 4 is 38.0 Å². The molecule has 0 radical (unpaired) electrons. The molecule has 0 saturated heterocycles. The first-order valence-electron chi connectivity index (χ1n) is 25.1. The lowest BCUT2D eigenvalue weighted by atomic mass is 9.77. The van der Waals surface area contributed by atoms with Crippen LogP contribution in [0.4, 0.5) is 5.69 Å². The number of rotatable bonds is 38. The van der Waals surface area contributed by atoms with Gasteiger partial charge in [0.2, 0.25) is 17.1 Å². The molecule has 2 aromatic rings. The minimum Gasteiger partial charge on any atom is -0.492 e. The summed E-state index contributed by atoms with van der Waals surface area (Å²) in [6.07, 6.45) is 8.88. The van der Waals surface area contributed by atoms with Gasteiger partial charge in [-0.25, -0.2) is 9.37 Å². The molecule has 1 aromatic heterocycles. The Kier molecular flexibility index (Phi) is 25.8. The number of hydrogen-bond donors (Lipinski definition) is 4. The largest absolute Gasteiger partial charge is 0.492 e. The zero-order valence-electron chi connectivity index (χ0n) is 43.5. The maximum Gasteiger partial charge on any atom is 0.333 e. The van der Waals surface area contributed by atoms with Crippen molar-refractivity contribution in [2.75, 3.05) is 137 Å². The molecular weight excluding hydrogens is 1030 g/mol. The minimum absolute atomic E-state index is 0.0172. The smallest absolute Gasteiger partial charge is 0.333 e. The molecule has 2 aliphatic heterocycles. The number of aromatic nitrogens is 1. The van der Waals surface area contributed by atoms with Gasteiger partial charge in [0.15, 0.2) is 13.1 Å². The number of allylic oxidation sites excluding steroid dienone is 3. The second kappa shape index (κ2) is 31.9. The molecule has 422 valence electrons. The molecule has 1 atom stereocenters. The molecule has 0 bridgehead atoms. The highest BCUT2D eigenvalue weighted by atomic mass is 32.2. The number of carbonyl (C=O) groups is 1. The number of anilines is 1. The van der Waals surface area contributed by atoms with Crippen LogP contribution in [0.5, 0.6) is 11.8 Å². The molecule has 0 fully saturated rings. The Morgan fingerprint density at radius 3 is 1.84 bits per heavy atom. The van der Waals surface area contributed by atoms with E-state index in [0.29, 0.717) is 159 Å². The number of benzene rings is 2. The van der Waals surface area contributed by atoms with E-state index in [-0.39, 0.29) is 24.2 Å². The molecule has 3 heterocycles. The van der Waals surface area contributed by atoms with Crippen LogP contribution in [-0.4, -0.2) is 179 Å². The summed E-state index contributed by atoms with van der Waals surface area (Å²) in [5.74, 6) is -1.46. The average molecular weight is 1110 g/mol. The summed E-state index contributed by atoms with van der Waals surface area (Å²) in [4.78, 5) is 19.3. The highest BCUT2D eigenvalue weighted by Gasteiger charge is 2.43. The van der Waals surface area contributed by atoms with Gasteiger partial charge in [0.1, 0.15) is 19.0 Å². The van der Waals surface area contributed by atoms with Crippen molar-refractivity contribution in [3.8, 4) is 23.1 Å². The Labute approximate surface area is 444 Å². The van der Waals surface area contributed by atoms with E-state index in [2.05, 4.69) is 4.58 Å². The van der Waals surface area contributed by atoms with Gasteiger partial charge >= 0.3 is 5.97 Å². The number of ether oxygens (including phenoxy) is 8. The molecule has 5 rings (SSSR count). The molecule has 1 aromatic carbocycles. The van der Waals surface area contributed by atoms with E-state index in [1.165, 1.54) is 24.3 Å². The molecule has 24 heteroatoms. The lowest BCUT2D eigenvalue weighted by molar-refractivity contribution is -0.145. The van der Waals surface area contributed by atoms with Crippen LogP contribution >= 0.6 is 0 Å². The van der Waals surface area contributed by atoms with Gasteiger partial charge in [-0.2, -0.15) is 16.8 Å². The molecule has 22 nitrogen and oxygen atoms in total. The van der Waals surface area contributed by atoms with Crippen molar-refractivity contribution in [2.24, 2.45) is 0 Å². The van der Waals surface area contributed by atoms with E-state index >= 15 is 0 Å². The quantitative estimate of drug-likeness (QED) is 0.0272. The summed E-state index contributed by atoms with van der Waals surface area (Å²) < 4.78 is 121. The predicted molar refractivity (Wildman–Crippen MR) is 281 cm³/mol. The van der Waals surface area contributed by atoms with Gasteiger partial charge in [0.05, 0.1) is 102 Å². The Hall–Kier alpha value is -5.22. The number of carbonyl (C=O) groups excluding carboxylic acids is 1. The number of methoxy groups -OCH3 is 2. The lowest BCUT2D eigenvalue weighted by Gasteiger charge is -2.30. The lowest BCUT2D eigenvalue weighted by Crippen LogP contribution is -2.36. The predicted octanol–water partition coefficient (Wildman–Crippen LogP) is 4.57. The Balaban J connectivity index is 1.36. The maximum atomic E-state index is 12.5. The SMILES string of the molecule is COCCOCCOCCOCC[N+](CCOCCOCCOCCOC)=c1ccc2c(C=CC=C3N(CCCCCC(=O)On4c(O)ccc4O)c4ccc(S(=O)(=O)O)cc4C3(C)CCCS(=O)(=O)O)ccoc-2c1. The third-order valence-electron chi connectivity index (χ3n) is 12.3. The van der Waals surface area contributed by atoms with Gasteiger partial charge < -0.3 is 62.3 Å². The summed E-state index contributed by atoms with van der Waals surface area (Å²) in [6, 6.07) is 14.4. The van der Waals surface area contributed by atoms with Gasteiger partial charge in [-0.3, -0.25) is 9.11 Å². The number of aromatic hydroxyl groups is 2. The number of unbranched alkanes of at least 4 members (excludes halogenated alkanes) is 2. The summed E-state index contributed by atoms with van der Waals surface area (Å²) in [6.45, 7) is 9.70. The Bertz CT molecular complexity index is 2690. The molecule has 76 heavy (non-hydrogen) atoms. The van der Waals surface area contributed by atoms with E-state index < -0.39 is 49.1 Å². The van der Waals surface area contributed by atoms with E-state index in [1.54, 1.807) is 26.5 Å². The fourth-order valence-corrected chi connectivity index (χ4v) is 9.47. The van der Waals surface area contributed by atoms with Crippen molar-refractivity contribution in [3.63, 3.8) is 0 Å². The Morgan fingerprint density at radius 2 is 1.28 bits per heavy atom. The zero-order valence-corrected chi connectivity index (χ0v) is 45.2. The second-order valence-electron chi connectivity index (χ2n) is 17.8. The third-order valence-corrected chi connectivity index (χ3v) is 14.0. The monoisotopic (exact) mass is 1110 g/mol. The van der Waals surface area contributed by atoms with Crippen LogP contribution in [0.25, 0.3) is 17.4 Å². The van der Waals surface area contributed by atoms with Gasteiger partial charge in [-0.1, -0.05) is 18.6 Å². The van der Waals surface area contributed by atoms with Crippen molar-refractivity contribution in [3.05, 3.63) is 95.2 Å². The van der Waals surface area contributed by atoms with Crippen molar-refractivity contribution < 1.29 is 88.1 Å². The van der Waals surface area contributed by atoms with Crippen LogP contribution in [0, 0.1) is 0 Å². The van der Waals surface area contributed by atoms with Crippen LogP contribution in [0.2, 0.25) is 0 Å². The van der Waals surface area contributed by atoms with Crippen LogP contribution in [0.15, 0.2) is 88.0 Å². The fraction of sp³-hybridized carbons (Fsp3) is 0.538. The fourth-order valence-electron chi connectivity index (χ4n) is 8.45. The second-order valence-corrected chi connectivity index (χ2v) is 20.8. The summed E-state index contributed by atoms with van der Waals surface area (Å²) in [5.41, 5.74) is 2.48. The highest BCUT2D eigenvalue weighted by Crippen LogP contribution is 2.51. The van der Waals surface area contributed by atoms with Gasteiger partial charge in [0.25, 0.3) is 20.2 Å². The van der Waals surface area contributed by atoms with Crippen LogP contribution in [0.1, 0.15) is 56.6 Å². The van der Waals surface area contributed by atoms with Crippen molar-refractivity contribution in [2.45, 2.75) is 55.8 Å². The molecule has 0 spiro atoms. The maximum absolute atomic E-state index is 12.5. The number of hydrogen-bond acceptors (Lipinski definition) is 18. The number of fused-ring (bicyclic) bond motifs is 2. The van der Waals surface area contributed by atoms with Crippen LogP contribution in [0.3, 0.4) is 0 Å². The third kappa shape index (κ3) is 20.0. The molecule has 1 aliphatic carbocycles. The molecule has 0 saturated carbocycles. The van der Waals surface area contributed by atoms with Crippen molar-refractivity contribution in [1.29, 1.82) is 0 Å². The molecular formula is C52H74N3O19S2+. The molecule has 0 amide bonds.